The summed E-state index contributed by atoms with van der Waals surface area (Å²) in [5.74, 6) is -4.31. The predicted octanol–water partition coefficient (Wildman–Crippen LogP) is 3.01. The topological polar surface area (TPSA) is 218 Å². The first kappa shape index (κ1) is 41.7. The zero-order valence-electron chi connectivity index (χ0n) is 26.7. The summed E-state index contributed by atoms with van der Waals surface area (Å²) < 4.78 is 10.3. The molecule has 0 bridgehead atoms. The highest BCUT2D eigenvalue weighted by Crippen LogP contribution is 2.14. The van der Waals surface area contributed by atoms with Crippen LogP contribution < -0.4 is 16.0 Å². The minimum Gasteiger partial charge on any atom is -0.481 e. The molecule has 0 heterocycles. The van der Waals surface area contributed by atoms with Gasteiger partial charge in [0.2, 0.25) is 17.7 Å². The van der Waals surface area contributed by atoms with Crippen molar-refractivity contribution in [1.82, 2.24) is 16.0 Å². The Morgan fingerprint density at radius 3 is 1.53 bits per heavy atom. The van der Waals surface area contributed by atoms with Gasteiger partial charge in [0.05, 0.1) is 19.8 Å². The third kappa shape index (κ3) is 30.5. The SMILES string of the molecule is O=C(O)CCCCCCCCCCCCCCCCC(=O)NC(CCC(=O)NCCOCCOCC(=O)NCC(=O)O)C(=O)O. The van der Waals surface area contributed by atoms with Crippen molar-refractivity contribution in [3.05, 3.63) is 0 Å². The molecule has 1 unspecified atom stereocenters. The van der Waals surface area contributed by atoms with E-state index in [0.717, 1.165) is 38.5 Å². The molecule has 14 heteroatoms. The molecule has 0 fully saturated rings. The monoisotopic (exact) mass is 645 g/mol. The minimum atomic E-state index is -1.19. The van der Waals surface area contributed by atoms with Gasteiger partial charge in [-0.1, -0.05) is 77.0 Å². The molecule has 14 nitrogen and oxygen atoms in total. The van der Waals surface area contributed by atoms with E-state index in [2.05, 4.69) is 16.0 Å². The van der Waals surface area contributed by atoms with Crippen LogP contribution in [0.25, 0.3) is 0 Å². The summed E-state index contributed by atoms with van der Waals surface area (Å²) in [5.41, 5.74) is 0. The van der Waals surface area contributed by atoms with E-state index in [1.54, 1.807) is 0 Å². The maximum Gasteiger partial charge on any atom is 0.326 e. The van der Waals surface area contributed by atoms with Gasteiger partial charge in [0.25, 0.3) is 0 Å². The van der Waals surface area contributed by atoms with Crippen LogP contribution in [-0.2, 0) is 38.2 Å². The van der Waals surface area contributed by atoms with E-state index in [-0.39, 0.29) is 70.5 Å². The maximum absolute atomic E-state index is 12.2. The van der Waals surface area contributed by atoms with Crippen LogP contribution in [0.5, 0.6) is 0 Å². The number of rotatable bonds is 32. The van der Waals surface area contributed by atoms with E-state index in [9.17, 15) is 33.9 Å². The van der Waals surface area contributed by atoms with Gasteiger partial charge in [0, 0.05) is 25.8 Å². The molecule has 0 spiro atoms. The lowest BCUT2D eigenvalue weighted by molar-refractivity contribution is -0.142. The lowest BCUT2D eigenvalue weighted by Gasteiger charge is -2.14. The highest BCUT2D eigenvalue weighted by atomic mass is 16.5. The van der Waals surface area contributed by atoms with Gasteiger partial charge < -0.3 is 40.7 Å². The number of carboxylic acid groups (broad SMARTS) is 3. The normalized spacial score (nSPS) is 11.5. The van der Waals surface area contributed by atoms with Crippen molar-refractivity contribution in [3.63, 3.8) is 0 Å². The van der Waals surface area contributed by atoms with E-state index in [4.69, 9.17) is 19.7 Å². The van der Waals surface area contributed by atoms with Crippen LogP contribution >= 0.6 is 0 Å². The molecule has 45 heavy (non-hydrogen) atoms. The van der Waals surface area contributed by atoms with Gasteiger partial charge in [0.1, 0.15) is 19.2 Å². The van der Waals surface area contributed by atoms with Crippen LogP contribution in [0.15, 0.2) is 0 Å². The van der Waals surface area contributed by atoms with Crippen LogP contribution in [0.4, 0.5) is 0 Å². The second-order valence-corrected chi connectivity index (χ2v) is 11.0. The maximum atomic E-state index is 12.2. The Balaban J connectivity index is 3.69. The molecule has 0 aromatic rings. The molecule has 0 saturated heterocycles. The summed E-state index contributed by atoms with van der Waals surface area (Å²) >= 11 is 0. The number of ether oxygens (including phenoxy) is 2. The molecule has 0 aromatic heterocycles. The molecule has 0 saturated carbocycles. The van der Waals surface area contributed by atoms with Crippen molar-refractivity contribution in [2.45, 2.75) is 122 Å². The second kappa shape index (κ2) is 29.5. The zero-order valence-corrected chi connectivity index (χ0v) is 26.7. The van der Waals surface area contributed by atoms with E-state index >= 15 is 0 Å². The molecule has 0 aromatic carbocycles. The van der Waals surface area contributed by atoms with Crippen LogP contribution in [0.2, 0.25) is 0 Å². The lowest BCUT2D eigenvalue weighted by atomic mass is 10.0. The molecular weight excluding hydrogens is 590 g/mol. The minimum absolute atomic E-state index is 0.0294. The van der Waals surface area contributed by atoms with Gasteiger partial charge in [-0.2, -0.15) is 0 Å². The number of amides is 3. The number of aliphatic carboxylic acids is 3. The first-order valence-corrected chi connectivity index (χ1v) is 16.3. The van der Waals surface area contributed by atoms with E-state index in [0.29, 0.717) is 6.42 Å². The third-order valence-electron chi connectivity index (χ3n) is 6.95. The fraction of sp³-hybridized carbons (Fsp3) is 0.806. The molecule has 6 N–H and O–H groups in total. The molecule has 0 aliphatic heterocycles. The smallest absolute Gasteiger partial charge is 0.326 e. The Hall–Kier alpha value is -3.26. The molecule has 260 valence electrons. The van der Waals surface area contributed by atoms with Crippen molar-refractivity contribution in [2.75, 3.05) is 39.5 Å². The number of hydrogen-bond acceptors (Lipinski definition) is 8. The van der Waals surface area contributed by atoms with Crippen LogP contribution in [0, 0.1) is 0 Å². The summed E-state index contributed by atoms with van der Waals surface area (Å²) in [6.45, 7) is -0.129. The molecule has 0 rings (SSSR count). The highest BCUT2D eigenvalue weighted by Gasteiger charge is 2.20. The highest BCUT2D eigenvalue weighted by molar-refractivity contribution is 5.84. The van der Waals surface area contributed by atoms with Crippen molar-refractivity contribution >= 4 is 35.6 Å². The summed E-state index contributed by atoms with van der Waals surface area (Å²) in [5, 5.41) is 33.8. The standard InChI is InChI=1S/C31H55N3O11/c35-26(32-19-20-44-21-22-45-24-28(37)33-23-30(40)41)18-17-25(31(42)43)34-27(36)15-13-11-9-7-5-3-1-2-4-6-8-10-12-14-16-29(38)39/h25H,1-24H2,(H,32,35)(H,33,37)(H,34,36)(H,38,39)(H,40,41)(H,42,43). The molecule has 0 aliphatic carbocycles. The number of hydrogen-bond donors (Lipinski definition) is 6. The number of carbonyl (C=O) groups excluding carboxylic acids is 3. The Morgan fingerprint density at radius 1 is 0.511 bits per heavy atom. The first-order chi connectivity index (χ1) is 21.6. The van der Waals surface area contributed by atoms with Gasteiger partial charge in [-0.25, -0.2) is 4.79 Å². The molecular formula is C31H55N3O11. The molecule has 3 amide bonds. The number of carbonyl (C=O) groups is 6. The Labute approximate surface area is 266 Å². The summed E-state index contributed by atoms with van der Waals surface area (Å²) in [6.07, 6.45) is 15.5. The number of nitrogens with one attached hydrogen (secondary N) is 3. The predicted molar refractivity (Wildman–Crippen MR) is 166 cm³/mol. The van der Waals surface area contributed by atoms with Crippen molar-refractivity contribution in [2.24, 2.45) is 0 Å². The Kier molecular flexibility index (Phi) is 27.3. The largest absolute Gasteiger partial charge is 0.481 e. The Bertz CT molecular complexity index is 855. The fourth-order valence-electron chi connectivity index (χ4n) is 4.44. The fourth-order valence-corrected chi connectivity index (χ4v) is 4.44. The van der Waals surface area contributed by atoms with E-state index < -0.39 is 36.4 Å². The zero-order chi connectivity index (χ0) is 33.5. The first-order valence-electron chi connectivity index (χ1n) is 16.3. The van der Waals surface area contributed by atoms with E-state index in [1.807, 2.05) is 0 Å². The quantitative estimate of drug-likeness (QED) is 0.0584. The number of carboxylic acids is 3. The van der Waals surface area contributed by atoms with Crippen molar-refractivity contribution in [1.29, 1.82) is 0 Å². The summed E-state index contributed by atoms with van der Waals surface area (Å²) in [6, 6.07) is -1.14. The van der Waals surface area contributed by atoms with Crippen molar-refractivity contribution < 1.29 is 53.6 Å². The number of unbranched alkanes of at least 4 members (excludes halogenated alkanes) is 13. The van der Waals surface area contributed by atoms with Crippen LogP contribution in [-0.4, -0.2) is 96.5 Å². The van der Waals surface area contributed by atoms with Crippen LogP contribution in [0.1, 0.15) is 116 Å². The third-order valence-corrected chi connectivity index (χ3v) is 6.95. The molecule has 1 atom stereocenters. The molecule has 0 aliphatic rings. The van der Waals surface area contributed by atoms with Gasteiger partial charge in [-0.3, -0.25) is 24.0 Å². The average molecular weight is 646 g/mol. The summed E-state index contributed by atoms with van der Waals surface area (Å²) in [4.78, 5) is 67.8. The van der Waals surface area contributed by atoms with Gasteiger partial charge in [-0.05, 0) is 19.3 Å². The lowest BCUT2D eigenvalue weighted by Crippen LogP contribution is -2.41. The van der Waals surface area contributed by atoms with E-state index in [1.165, 1.54) is 44.9 Å². The summed E-state index contributed by atoms with van der Waals surface area (Å²) in [7, 11) is 0. The van der Waals surface area contributed by atoms with Gasteiger partial charge in [-0.15, -0.1) is 0 Å². The van der Waals surface area contributed by atoms with Crippen molar-refractivity contribution in [3.8, 4) is 0 Å². The second-order valence-electron chi connectivity index (χ2n) is 11.0. The average Bonchev–Trinajstić information content (AvgIpc) is 2.98. The molecule has 0 radical (unpaired) electrons. The Morgan fingerprint density at radius 2 is 1.02 bits per heavy atom. The van der Waals surface area contributed by atoms with Gasteiger partial charge >= 0.3 is 17.9 Å². The van der Waals surface area contributed by atoms with Gasteiger partial charge in [0.15, 0.2) is 0 Å². The van der Waals surface area contributed by atoms with Crippen LogP contribution in [0.3, 0.4) is 0 Å².